The molecule has 0 aliphatic heterocycles. The normalized spacial score (nSPS) is 10.5. The van der Waals surface area contributed by atoms with Crippen molar-refractivity contribution in [3.05, 3.63) is 82.9 Å². The van der Waals surface area contributed by atoms with Crippen LogP contribution in [0, 0.1) is 19.7 Å². The van der Waals surface area contributed by atoms with Crippen LogP contribution < -0.4 is 15.6 Å². The van der Waals surface area contributed by atoms with Gasteiger partial charge in [-0.1, -0.05) is 12.1 Å². The van der Waals surface area contributed by atoms with Gasteiger partial charge in [-0.25, -0.2) is 4.39 Å². The number of hydrogen-bond acceptors (Lipinski definition) is 3. The highest BCUT2D eigenvalue weighted by Gasteiger charge is 2.18. The molecule has 3 rings (SSSR count). The number of aryl methyl sites for hydroxylation is 1. The minimum atomic E-state index is -0.477. The highest BCUT2D eigenvalue weighted by molar-refractivity contribution is 6.01. The fraction of sp³-hybridized carbons (Fsp3) is 0.182. The average molecular weight is 395 g/mol. The largest absolute Gasteiger partial charge is 0.493 e. The van der Waals surface area contributed by atoms with Crippen molar-refractivity contribution in [3.63, 3.8) is 0 Å². The zero-order valence-electron chi connectivity index (χ0n) is 16.5. The third-order valence-corrected chi connectivity index (χ3v) is 4.48. The van der Waals surface area contributed by atoms with E-state index < -0.39 is 11.8 Å². The Kier molecular flexibility index (Phi) is 5.97. The summed E-state index contributed by atoms with van der Waals surface area (Å²) in [5, 5.41) is 0. The number of nitrogens with one attached hydrogen (secondary N) is 2. The van der Waals surface area contributed by atoms with Crippen LogP contribution in [-0.2, 0) is 0 Å². The lowest BCUT2D eigenvalue weighted by molar-refractivity contribution is 0.0844. The quantitative estimate of drug-likeness (QED) is 0.647. The molecule has 6 nitrogen and oxygen atoms in total. The van der Waals surface area contributed by atoms with Crippen molar-refractivity contribution in [2.24, 2.45) is 0 Å². The molecule has 0 bridgehead atoms. The molecule has 0 aliphatic carbocycles. The Hall–Kier alpha value is -3.61. The lowest BCUT2D eigenvalue weighted by Crippen LogP contribution is -2.41. The number of amides is 2. The Morgan fingerprint density at radius 1 is 0.966 bits per heavy atom. The van der Waals surface area contributed by atoms with Gasteiger partial charge >= 0.3 is 0 Å². The van der Waals surface area contributed by atoms with Crippen molar-refractivity contribution in [2.75, 3.05) is 6.61 Å². The summed E-state index contributed by atoms with van der Waals surface area (Å²) in [6.45, 7) is 5.89. The summed E-state index contributed by atoms with van der Waals surface area (Å²) in [5.41, 5.74) is 7.83. The molecule has 0 saturated heterocycles. The van der Waals surface area contributed by atoms with E-state index in [-0.39, 0.29) is 5.82 Å². The minimum Gasteiger partial charge on any atom is -0.493 e. The van der Waals surface area contributed by atoms with Gasteiger partial charge in [-0.05, 0) is 63.2 Å². The summed E-state index contributed by atoms with van der Waals surface area (Å²) >= 11 is 0. The van der Waals surface area contributed by atoms with Gasteiger partial charge in [-0.15, -0.1) is 0 Å². The molecule has 1 aromatic heterocycles. The van der Waals surface area contributed by atoms with Gasteiger partial charge in [0, 0.05) is 17.1 Å². The van der Waals surface area contributed by atoms with Gasteiger partial charge < -0.3 is 9.30 Å². The second kappa shape index (κ2) is 8.60. The van der Waals surface area contributed by atoms with Gasteiger partial charge in [-0.2, -0.15) is 0 Å². The van der Waals surface area contributed by atoms with Crippen LogP contribution in [0.5, 0.6) is 5.75 Å². The third-order valence-electron chi connectivity index (χ3n) is 4.48. The maximum atomic E-state index is 13.2. The molecule has 150 valence electrons. The number of rotatable bonds is 5. The fourth-order valence-corrected chi connectivity index (χ4v) is 3.16. The van der Waals surface area contributed by atoms with Crippen molar-refractivity contribution in [1.29, 1.82) is 0 Å². The van der Waals surface area contributed by atoms with Gasteiger partial charge in [0.2, 0.25) is 0 Å². The summed E-state index contributed by atoms with van der Waals surface area (Å²) in [6, 6.07) is 14.5. The Balaban J connectivity index is 1.76. The van der Waals surface area contributed by atoms with Crippen molar-refractivity contribution in [3.8, 4) is 11.4 Å². The molecule has 1 heterocycles. The number of hydrazine groups is 1. The summed E-state index contributed by atoms with van der Waals surface area (Å²) in [6.07, 6.45) is 0. The lowest BCUT2D eigenvalue weighted by Gasteiger charge is -2.12. The highest BCUT2D eigenvalue weighted by Crippen LogP contribution is 2.21. The number of hydrogen-bond donors (Lipinski definition) is 2. The van der Waals surface area contributed by atoms with Crippen LogP contribution in [0.4, 0.5) is 4.39 Å². The molecule has 0 fully saturated rings. The highest BCUT2D eigenvalue weighted by atomic mass is 19.1. The van der Waals surface area contributed by atoms with Crippen LogP contribution in [0.15, 0.2) is 54.6 Å². The second-order valence-corrected chi connectivity index (χ2v) is 6.43. The van der Waals surface area contributed by atoms with Gasteiger partial charge in [0.05, 0.1) is 17.7 Å². The molecule has 0 aliphatic rings. The van der Waals surface area contributed by atoms with Crippen LogP contribution in [0.3, 0.4) is 0 Å². The second-order valence-electron chi connectivity index (χ2n) is 6.43. The van der Waals surface area contributed by atoms with E-state index in [2.05, 4.69) is 10.9 Å². The SMILES string of the molecule is CCOc1ccccc1C(=O)NNC(=O)c1cc(C)n(-c2ccc(F)cc2)c1C. The summed E-state index contributed by atoms with van der Waals surface area (Å²) in [7, 11) is 0. The molecule has 3 aromatic rings. The Morgan fingerprint density at radius 2 is 1.59 bits per heavy atom. The van der Waals surface area contributed by atoms with E-state index in [1.54, 1.807) is 49.4 Å². The zero-order valence-corrected chi connectivity index (χ0v) is 16.5. The van der Waals surface area contributed by atoms with Crippen molar-refractivity contribution in [1.82, 2.24) is 15.4 Å². The average Bonchev–Trinajstić information content (AvgIpc) is 3.01. The van der Waals surface area contributed by atoms with Gasteiger partial charge in [0.25, 0.3) is 11.8 Å². The van der Waals surface area contributed by atoms with Gasteiger partial charge in [-0.3, -0.25) is 20.4 Å². The third kappa shape index (κ3) is 4.29. The number of ether oxygens (including phenoxy) is 1. The van der Waals surface area contributed by atoms with E-state index in [0.29, 0.717) is 29.2 Å². The molecule has 7 heteroatoms. The molecule has 0 atom stereocenters. The smallest absolute Gasteiger partial charge is 0.273 e. The Bertz CT molecular complexity index is 1040. The van der Waals surface area contributed by atoms with E-state index in [1.807, 2.05) is 18.4 Å². The first-order valence-corrected chi connectivity index (χ1v) is 9.19. The topological polar surface area (TPSA) is 72.4 Å². The van der Waals surface area contributed by atoms with E-state index in [9.17, 15) is 14.0 Å². The number of carbonyl (C=O) groups excluding carboxylic acids is 2. The number of nitrogens with zero attached hydrogens (tertiary/aromatic N) is 1. The zero-order chi connectivity index (χ0) is 21.0. The standard InChI is InChI=1S/C22H22FN3O3/c1-4-29-20-8-6-5-7-18(20)21(27)24-25-22(28)19-13-14(2)26(15(19)3)17-11-9-16(23)10-12-17/h5-13H,4H2,1-3H3,(H,24,27)(H,25,28). The molecule has 2 N–H and O–H groups in total. The first-order valence-electron chi connectivity index (χ1n) is 9.19. The maximum absolute atomic E-state index is 13.2. The van der Waals surface area contributed by atoms with Crippen molar-refractivity contribution < 1.29 is 18.7 Å². The predicted octanol–water partition coefficient (Wildman–Crippen LogP) is 3.71. The number of para-hydroxylation sites is 1. The number of halogens is 1. The number of aromatic nitrogens is 1. The molecule has 0 unspecified atom stereocenters. The number of carbonyl (C=O) groups is 2. The predicted molar refractivity (Wildman–Crippen MR) is 108 cm³/mol. The van der Waals surface area contributed by atoms with Crippen molar-refractivity contribution in [2.45, 2.75) is 20.8 Å². The minimum absolute atomic E-state index is 0.325. The van der Waals surface area contributed by atoms with Gasteiger partial charge in [0.1, 0.15) is 11.6 Å². The van der Waals surface area contributed by atoms with Crippen LogP contribution in [-0.4, -0.2) is 23.0 Å². The summed E-state index contributed by atoms with van der Waals surface area (Å²) in [4.78, 5) is 25.1. The monoisotopic (exact) mass is 395 g/mol. The van der Waals surface area contributed by atoms with Crippen LogP contribution in [0.1, 0.15) is 39.0 Å². The van der Waals surface area contributed by atoms with Crippen LogP contribution >= 0.6 is 0 Å². The van der Waals surface area contributed by atoms with E-state index >= 15 is 0 Å². The summed E-state index contributed by atoms with van der Waals surface area (Å²) in [5.74, 6) is -0.816. The molecule has 2 amide bonds. The molecule has 0 saturated carbocycles. The van der Waals surface area contributed by atoms with Gasteiger partial charge in [0.15, 0.2) is 0 Å². The first-order chi connectivity index (χ1) is 13.9. The Morgan fingerprint density at radius 3 is 2.24 bits per heavy atom. The van der Waals surface area contributed by atoms with E-state index in [0.717, 1.165) is 11.4 Å². The van der Waals surface area contributed by atoms with Crippen LogP contribution in [0.25, 0.3) is 5.69 Å². The molecule has 0 radical (unpaired) electrons. The maximum Gasteiger partial charge on any atom is 0.273 e. The molecule has 29 heavy (non-hydrogen) atoms. The molecule has 0 spiro atoms. The molecular weight excluding hydrogens is 373 g/mol. The molecule has 2 aromatic carbocycles. The number of benzene rings is 2. The van der Waals surface area contributed by atoms with E-state index in [4.69, 9.17) is 4.74 Å². The van der Waals surface area contributed by atoms with E-state index in [1.165, 1.54) is 12.1 Å². The molecular formula is C22H22FN3O3. The fourth-order valence-electron chi connectivity index (χ4n) is 3.16. The Labute approximate surface area is 168 Å². The van der Waals surface area contributed by atoms with Crippen molar-refractivity contribution >= 4 is 11.8 Å². The lowest BCUT2D eigenvalue weighted by atomic mass is 10.2. The van der Waals surface area contributed by atoms with Crippen LogP contribution in [0.2, 0.25) is 0 Å². The first kappa shape index (κ1) is 20.1. The summed E-state index contributed by atoms with van der Waals surface area (Å²) < 4.78 is 20.5.